The van der Waals surface area contributed by atoms with Crippen molar-refractivity contribution in [2.45, 2.75) is 12.5 Å². The van der Waals surface area contributed by atoms with Crippen LogP contribution in [0.1, 0.15) is 17.4 Å². The Balaban J connectivity index is 2.21. The largest absolute Gasteiger partial charge is 0.310 e. The summed E-state index contributed by atoms with van der Waals surface area (Å²) in [5.74, 6) is -0.539. The Kier molecular flexibility index (Phi) is 3.94. The van der Waals surface area contributed by atoms with Crippen LogP contribution in [0, 0.1) is 11.6 Å². The Morgan fingerprint density at radius 2 is 1.94 bits per heavy atom. The molecule has 0 bridgehead atoms. The molecule has 18 heavy (non-hydrogen) atoms. The molecule has 3 nitrogen and oxygen atoms in total. The highest BCUT2D eigenvalue weighted by molar-refractivity contribution is 5.20. The molecule has 1 N–H and O–H groups in total. The van der Waals surface area contributed by atoms with Crippen molar-refractivity contribution in [3.05, 3.63) is 59.7 Å². The molecule has 0 saturated carbocycles. The van der Waals surface area contributed by atoms with Crippen molar-refractivity contribution in [2.75, 3.05) is 7.05 Å². The van der Waals surface area contributed by atoms with Crippen LogP contribution in [-0.2, 0) is 6.42 Å². The quantitative estimate of drug-likeness (QED) is 0.903. The molecule has 94 valence electrons. The maximum Gasteiger partial charge on any atom is 0.145 e. The molecule has 1 aromatic heterocycles. The minimum Gasteiger partial charge on any atom is -0.310 e. The molecule has 1 atom stereocenters. The van der Waals surface area contributed by atoms with Gasteiger partial charge in [-0.1, -0.05) is 6.07 Å². The molecule has 1 unspecified atom stereocenters. The van der Waals surface area contributed by atoms with E-state index in [0.717, 1.165) is 6.07 Å². The van der Waals surface area contributed by atoms with Crippen LogP contribution >= 0.6 is 0 Å². The second-order valence-corrected chi connectivity index (χ2v) is 3.89. The van der Waals surface area contributed by atoms with E-state index in [4.69, 9.17) is 0 Å². The summed E-state index contributed by atoms with van der Waals surface area (Å²) in [5, 5.41) is 3.02. The molecule has 0 aliphatic rings. The summed E-state index contributed by atoms with van der Waals surface area (Å²) in [6.07, 6.45) is 3.63. The summed E-state index contributed by atoms with van der Waals surface area (Å²) in [4.78, 5) is 8.25. The number of halogens is 2. The molecule has 0 amide bonds. The number of rotatable bonds is 4. The zero-order chi connectivity index (χ0) is 13.0. The fourth-order valence-corrected chi connectivity index (χ4v) is 1.72. The Bertz CT molecular complexity index is 517. The number of aromatic nitrogens is 2. The van der Waals surface area contributed by atoms with Crippen LogP contribution in [0.4, 0.5) is 8.78 Å². The van der Waals surface area contributed by atoms with Crippen LogP contribution in [0.15, 0.2) is 36.7 Å². The normalized spacial score (nSPS) is 12.4. The van der Waals surface area contributed by atoms with Gasteiger partial charge in [0.05, 0.1) is 6.04 Å². The van der Waals surface area contributed by atoms with Crippen molar-refractivity contribution >= 4 is 0 Å². The highest BCUT2D eigenvalue weighted by Gasteiger charge is 2.15. The number of hydrogen-bond donors (Lipinski definition) is 1. The van der Waals surface area contributed by atoms with Gasteiger partial charge in [0.25, 0.3) is 0 Å². The van der Waals surface area contributed by atoms with E-state index in [9.17, 15) is 8.78 Å². The predicted octanol–water partition coefficient (Wildman–Crippen LogP) is 2.26. The molecule has 0 fully saturated rings. The molecule has 2 aromatic rings. The zero-order valence-electron chi connectivity index (χ0n) is 9.90. The van der Waals surface area contributed by atoms with Gasteiger partial charge in [0.2, 0.25) is 0 Å². The van der Waals surface area contributed by atoms with Crippen LogP contribution in [0.25, 0.3) is 0 Å². The lowest BCUT2D eigenvalue weighted by Crippen LogP contribution is -2.21. The molecule has 0 spiro atoms. The SMILES string of the molecule is CNC(Cc1ccc(F)cc1F)c1ncccn1. The van der Waals surface area contributed by atoms with Gasteiger partial charge in [0.1, 0.15) is 17.5 Å². The first-order valence-corrected chi connectivity index (χ1v) is 5.59. The molecule has 0 radical (unpaired) electrons. The third kappa shape index (κ3) is 2.87. The van der Waals surface area contributed by atoms with Gasteiger partial charge in [-0.2, -0.15) is 0 Å². The number of nitrogens with zero attached hydrogens (tertiary/aromatic N) is 2. The van der Waals surface area contributed by atoms with E-state index in [1.54, 1.807) is 25.5 Å². The second-order valence-electron chi connectivity index (χ2n) is 3.89. The molecule has 2 rings (SSSR count). The smallest absolute Gasteiger partial charge is 0.145 e. The average molecular weight is 249 g/mol. The first-order valence-electron chi connectivity index (χ1n) is 5.59. The van der Waals surface area contributed by atoms with Gasteiger partial charge in [-0.3, -0.25) is 0 Å². The van der Waals surface area contributed by atoms with Crippen LogP contribution in [0.3, 0.4) is 0 Å². The second kappa shape index (κ2) is 5.64. The van der Waals surface area contributed by atoms with Gasteiger partial charge in [0, 0.05) is 18.5 Å². The molecule has 1 heterocycles. The van der Waals surface area contributed by atoms with Crippen molar-refractivity contribution in [1.29, 1.82) is 0 Å². The minimum atomic E-state index is -0.576. The van der Waals surface area contributed by atoms with Crippen molar-refractivity contribution in [2.24, 2.45) is 0 Å². The van der Waals surface area contributed by atoms with E-state index in [2.05, 4.69) is 15.3 Å². The van der Waals surface area contributed by atoms with Crippen molar-refractivity contribution < 1.29 is 8.78 Å². The Hall–Kier alpha value is -1.88. The molecular formula is C13H13F2N3. The Morgan fingerprint density at radius 3 is 2.56 bits per heavy atom. The van der Waals surface area contributed by atoms with Crippen molar-refractivity contribution in [3.8, 4) is 0 Å². The third-order valence-electron chi connectivity index (χ3n) is 2.69. The summed E-state index contributed by atoms with van der Waals surface area (Å²) in [5.41, 5.74) is 0.434. The van der Waals surface area contributed by atoms with Crippen LogP contribution in [0.2, 0.25) is 0 Å². The first-order chi connectivity index (χ1) is 8.70. The van der Waals surface area contributed by atoms with Crippen molar-refractivity contribution in [1.82, 2.24) is 15.3 Å². The van der Waals surface area contributed by atoms with Gasteiger partial charge < -0.3 is 5.32 Å². The maximum atomic E-state index is 13.6. The number of benzene rings is 1. The maximum absolute atomic E-state index is 13.6. The van der Waals surface area contributed by atoms with E-state index in [1.165, 1.54) is 12.1 Å². The van der Waals surface area contributed by atoms with E-state index in [0.29, 0.717) is 17.8 Å². The topological polar surface area (TPSA) is 37.8 Å². The first kappa shape index (κ1) is 12.6. The fourth-order valence-electron chi connectivity index (χ4n) is 1.72. The summed E-state index contributed by atoms with van der Waals surface area (Å²) in [6.45, 7) is 0. The molecule has 0 saturated heterocycles. The van der Waals surface area contributed by atoms with Crippen molar-refractivity contribution in [3.63, 3.8) is 0 Å². The Labute approximate surface area is 104 Å². The standard InChI is InChI=1S/C13H13F2N3/c1-16-12(13-17-5-2-6-18-13)7-9-3-4-10(14)8-11(9)15/h2-6,8,12,16H,7H2,1H3. The van der Waals surface area contributed by atoms with Gasteiger partial charge in [-0.05, 0) is 31.2 Å². The average Bonchev–Trinajstić information content (AvgIpc) is 2.39. The summed E-state index contributed by atoms with van der Waals surface area (Å²) >= 11 is 0. The van der Waals surface area contributed by atoms with E-state index < -0.39 is 11.6 Å². The van der Waals surface area contributed by atoms with Gasteiger partial charge in [-0.25, -0.2) is 18.7 Å². The molecular weight excluding hydrogens is 236 g/mol. The van der Waals surface area contributed by atoms with Gasteiger partial charge in [-0.15, -0.1) is 0 Å². The summed E-state index contributed by atoms with van der Waals surface area (Å²) in [7, 11) is 1.75. The number of nitrogens with one attached hydrogen (secondary N) is 1. The summed E-state index contributed by atoms with van der Waals surface area (Å²) < 4.78 is 26.4. The molecule has 0 aliphatic carbocycles. The molecule has 0 aliphatic heterocycles. The highest BCUT2D eigenvalue weighted by atomic mass is 19.1. The highest BCUT2D eigenvalue weighted by Crippen LogP contribution is 2.17. The van der Waals surface area contributed by atoms with E-state index in [1.807, 2.05) is 0 Å². The molecule has 1 aromatic carbocycles. The van der Waals surface area contributed by atoms with Crippen LogP contribution < -0.4 is 5.32 Å². The number of likely N-dealkylation sites (N-methyl/N-ethyl adjacent to an activating group) is 1. The minimum absolute atomic E-state index is 0.203. The fraction of sp³-hybridized carbons (Fsp3) is 0.231. The monoisotopic (exact) mass is 249 g/mol. The predicted molar refractivity (Wildman–Crippen MR) is 63.9 cm³/mol. The van der Waals surface area contributed by atoms with Gasteiger partial charge >= 0.3 is 0 Å². The lowest BCUT2D eigenvalue weighted by Gasteiger charge is -2.14. The zero-order valence-corrected chi connectivity index (χ0v) is 9.90. The summed E-state index contributed by atoms with van der Waals surface area (Å²) in [6, 6.07) is 5.09. The number of hydrogen-bond acceptors (Lipinski definition) is 3. The van der Waals surface area contributed by atoms with Gasteiger partial charge in [0.15, 0.2) is 0 Å². The third-order valence-corrected chi connectivity index (χ3v) is 2.69. The lowest BCUT2D eigenvalue weighted by molar-refractivity contribution is 0.524. The van der Waals surface area contributed by atoms with Crippen LogP contribution in [-0.4, -0.2) is 17.0 Å². The van der Waals surface area contributed by atoms with Crippen LogP contribution in [0.5, 0.6) is 0 Å². The lowest BCUT2D eigenvalue weighted by atomic mass is 10.0. The van der Waals surface area contributed by atoms with E-state index in [-0.39, 0.29) is 6.04 Å². The molecule has 5 heteroatoms. The van der Waals surface area contributed by atoms with E-state index >= 15 is 0 Å². The Morgan fingerprint density at radius 1 is 1.22 bits per heavy atom.